The van der Waals surface area contributed by atoms with Crippen LogP contribution in [-0.2, 0) is 27.3 Å². The SMILES string of the molecule is CN1CCOc2ccc(cc2)C(=O)NCc2ccc(F)c(c2)C(=O)N[C@](C)(CC(C)(C)C)C(=O)Nc2ccc(cc2)CCN(C)C(=O)CC(C)(C)CC1=O. The molecule has 6 bridgehead atoms. The van der Waals surface area contributed by atoms with Gasteiger partial charge < -0.3 is 30.5 Å². The standard InChI is InChI=1S/C42H54FN5O6/c1-40(2,3)27-42(6)39(53)45-31-14-9-28(10-15-31)19-20-47(7)35(49)24-41(4,5)25-36(50)48(8)21-22-54-32-16-12-30(13-17-32)37(51)44-26-29-11-18-34(43)33(23-29)38(52)46-42/h9-18,23H,19-22,24-27H2,1-8H3,(H,44,51)(H,45,53)(H,46,52)/t42-/m1/s1. The molecule has 0 radical (unpaired) electrons. The van der Waals surface area contributed by atoms with Crippen molar-refractivity contribution in [2.75, 3.05) is 39.1 Å². The number of amides is 5. The topological polar surface area (TPSA) is 137 Å². The predicted molar refractivity (Wildman–Crippen MR) is 207 cm³/mol. The molecule has 4 aliphatic heterocycles. The van der Waals surface area contributed by atoms with E-state index in [4.69, 9.17) is 4.74 Å². The number of carbonyl (C=O) groups is 5. The van der Waals surface area contributed by atoms with Crippen LogP contribution in [0.5, 0.6) is 5.75 Å². The first kappa shape index (κ1) is 41.5. The van der Waals surface area contributed by atoms with E-state index >= 15 is 4.39 Å². The van der Waals surface area contributed by atoms with Crippen LogP contribution in [0.15, 0.2) is 66.7 Å². The van der Waals surface area contributed by atoms with E-state index in [0.29, 0.717) is 42.1 Å². The van der Waals surface area contributed by atoms with Crippen LogP contribution in [0.25, 0.3) is 0 Å². The van der Waals surface area contributed by atoms with E-state index in [-0.39, 0.29) is 61.1 Å². The fourth-order valence-electron chi connectivity index (χ4n) is 6.42. The summed E-state index contributed by atoms with van der Waals surface area (Å²) in [6, 6.07) is 17.8. The average molecular weight is 744 g/mol. The van der Waals surface area contributed by atoms with Crippen molar-refractivity contribution < 1.29 is 33.1 Å². The van der Waals surface area contributed by atoms with E-state index in [0.717, 1.165) is 11.6 Å². The monoisotopic (exact) mass is 743 g/mol. The van der Waals surface area contributed by atoms with Gasteiger partial charge in [0.25, 0.3) is 11.8 Å². The van der Waals surface area contributed by atoms with Crippen LogP contribution in [0.2, 0.25) is 0 Å². The lowest BCUT2D eigenvalue weighted by Crippen LogP contribution is -2.56. The zero-order chi connectivity index (χ0) is 39.8. The van der Waals surface area contributed by atoms with Crippen molar-refractivity contribution in [2.45, 2.75) is 79.3 Å². The minimum atomic E-state index is -1.42. The minimum absolute atomic E-state index is 0.0228. The Morgan fingerprint density at radius 1 is 0.778 bits per heavy atom. The van der Waals surface area contributed by atoms with Gasteiger partial charge in [0.1, 0.15) is 23.7 Å². The third-order valence-electron chi connectivity index (χ3n) is 9.37. The lowest BCUT2D eigenvalue weighted by Gasteiger charge is -2.35. The molecule has 0 unspecified atom stereocenters. The van der Waals surface area contributed by atoms with Gasteiger partial charge >= 0.3 is 0 Å². The van der Waals surface area contributed by atoms with Crippen LogP contribution in [0.3, 0.4) is 0 Å². The molecule has 54 heavy (non-hydrogen) atoms. The number of nitrogens with one attached hydrogen (secondary N) is 3. The molecule has 0 saturated heterocycles. The van der Waals surface area contributed by atoms with Gasteiger partial charge in [0.05, 0.1) is 12.1 Å². The highest BCUT2D eigenvalue weighted by atomic mass is 19.1. The van der Waals surface area contributed by atoms with Crippen molar-refractivity contribution in [1.29, 1.82) is 0 Å². The molecule has 5 amide bonds. The first-order valence-electron chi connectivity index (χ1n) is 18.2. The van der Waals surface area contributed by atoms with E-state index in [9.17, 15) is 24.0 Å². The van der Waals surface area contributed by atoms with Crippen molar-refractivity contribution in [1.82, 2.24) is 20.4 Å². The van der Waals surface area contributed by atoms with Crippen molar-refractivity contribution in [3.8, 4) is 5.75 Å². The normalized spacial score (nSPS) is 20.1. The number of hydrogen-bond donors (Lipinski definition) is 3. The summed E-state index contributed by atoms with van der Waals surface area (Å²) in [5.41, 5.74) is -0.305. The maximum absolute atomic E-state index is 15.1. The Kier molecular flexibility index (Phi) is 13.3. The second kappa shape index (κ2) is 17.3. The molecule has 3 aromatic carbocycles. The number of anilines is 1. The number of rotatable bonds is 1. The molecule has 0 saturated carbocycles. The maximum atomic E-state index is 15.1. The lowest BCUT2D eigenvalue weighted by molar-refractivity contribution is -0.135. The first-order chi connectivity index (χ1) is 25.2. The van der Waals surface area contributed by atoms with E-state index in [2.05, 4.69) is 16.0 Å². The van der Waals surface area contributed by atoms with Crippen LogP contribution >= 0.6 is 0 Å². The van der Waals surface area contributed by atoms with Gasteiger partial charge in [-0.15, -0.1) is 0 Å². The summed E-state index contributed by atoms with van der Waals surface area (Å²) in [6.07, 6.45) is 1.22. The fraction of sp³-hybridized carbons (Fsp3) is 0.452. The molecule has 290 valence electrons. The summed E-state index contributed by atoms with van der Waals surface area (Å²) < 4.78 is 20.9. The number of halogens is 1. The molecule has 3 N–H and O–H groups in total. The number of nitrogens with zero attached hydrogens (tertiary/aromatic N) is 2. The molecular weight excluding hydrogens is 689 g/mol. The number of hydrogen-bond acceptors (Lipinski definition) is 6. The highest BCUT2D eigenvalue weighted by Gasteiger charge is 2.39. The van der Waals surface area contributed by atoms with Gasteiger partial charge in [0.15, 0.2) is 0 Å². The van der Waals surface area contributed by atoms with Crippen LogP contribution in [0.4, 0.5) is 10.1 Å². The van der Waals surface area contributed by atoms with Gasteiger partial charge in [-0.1, -0.05) is 52.8 Å². The Hall–Kier alpha value is -5.26. The average Bonchev–Trinajstić information content (AvgIpc) is 3.09. The second-order valence-corrected chi connectivity index (χ2v) is 16.4. The van der Waals surface area contributed by atoms with Gasteiger partial charge in [-0.3, -0.25) is 24.0 Å². The largest absolute Gasteiger partial charge is 0.492 e. The molecule has 0 aliphatic carbocycles. The van der Waals surface area contributed by atoms with E-state index in [1.165, 1.54) is 12.1 Å². The maximum Gasteiger partial charge on any atom is 0.255 e. The minimum Gasteiger partial charge on any atom is -0.492 e. The first-order valence-corrected chi connectivity index (χ1v) is 18.2. The predicted octanol–water partition coefficient (Wildman–Crippen LogP) is 5.98. The summed E-state index contributed by atoms with van der Waals surface area (Å²) in [5.74, 6) is -2.02. The molecular formula is C42H54FN5O6. The molecule has 4 heterocycles. The second-order valence-electron chi connectivity index (χ2n) is 16.4. The number of benzene rings is 3. The molecule has 0 aromatic heterocycles. The van der Waals surface area contributed by atoms with Gasteiger partial charge in [-0.05, 0) is 90.3 Å². The fourth-order valence-corrected chi connectivity index (χ4v) is 6.42. The third-order valence-corrected chi connectivity index (χ3v) is 9.37. The molecule has 1 atom stereocenters. The molecule has 0 spiro atoms. The number of likely N-dealkylation sites (N-methyl/N-ethyl adjacent to an activating group) is 2. The summed E-state index contributed by atoms with van der Waals surface area (Å²) in [7, 11) is 3.44. The molecule has 3 aromatic rings. The highest BCUT2D eigenvalue weighted by Crippen LogP contribution is 2.30. The smallest absolute Gasteiger partial charge is 0.255 e. The quantitative estimate of drug-likeness (QED) is 0.281. The van der Waals surface area contributed by atoms with Gasteiger partial charge in [0, 0.05) is 51.3 Å². The zero-order valence-corrected chi connectivity index (χ0v) is 32.7. The summed E-state index contributed by atoms with van der Waals surface area (Å²) >= 11 is 0. The highest BCUT2D eigenvalue weighted by molar-refractivity contribution is 6.03. The van der Waals surface area contributed by atoms with E-state index < -0.39 is 28.6 Å². The number of ether oxygens (including phenoxy) is 1. The Balaban J connectivity index is 1.59. The van der Waals surface area contributed by atoms with Crippen LogP contribution in [0, 0.1) is 16.6 Å². The zero-order valence-electron chi connectivity index (χ0n) is 32.7. The van der Waals surface area contributed by atoms with Crippen molar-refractivity contribution in [3.63, 3.8) is 0 Å². The van der Waals surface area contributed by atoms with Gasteiger partial charge in [-0.2, -0.15) is 0 Å². The Labute approximate surface area is 318 Å². The van der Waals surface area contributed by atoms with Crippen LogP contribution in [-0.4, -0.2) is 78.7 Å². The number of carbonyl (C=O) groups excluding carboxylic acids is 5. The van der Waals surface area contributed by atoms with Crippen LogP contribution in [0.1, 0.15) is 92.6 Å². The summed E-state index contributed by atoms with van der Waals surface area (Å²) in [6.45, 7) is 12.3. The summed E-state index contributed by atoms with van der Waals surface area (Å²) in [4.78, 5) is 69.9. The molecule has 4 aliphatic rings. The van der Waals surface area contributed by atoms with Crippen molar-refractivity contribution in [2.24, 2.45) is 10.8 Å². The third kappa shape index (κ3) is 11.9. The van der Waals surface area contributed by atoms with Gasteiger partial charge in [0.2, 0.25) is 17.7 Å². The van der Waals surface area contributed by atoms with Crippen molar-refractivity contribution in [3.05, 3.63) is 94.8 Å². The summed E-state index contributed by atoms with van der Waals surface area (Å²) in [5, 5.41) is 8.50. The molecule has 11 nitrogen and oxygen atoms in total. The Morgan fingerprint density at radius 2 is 1.37 bits per heavy atom. The molecule has 0 fully saturated rings. The Bertz CT molecular complexity index is 1840. The molecule has 12 heteroatoms. The lowest BCUT2D eigenvalue weighted by atomic mass is 9.80. The van der Waals surface area contributed by atoms with E-state index in [1.807, 2.05) is 46.8 Å². The Morgan fingerprint density at radius 3 is 1.98 bits per heavy atom. The van der Waals surface area contributed by atoms with E-state index in [1.54, 1.807) is 67.2 Å². The van der Waals surface area contributed by atoms with Gasteiger partial charge in [-0.25, -0.2) is 4.39 Å². The molecule has 7 rings (SSSR count). The van der Waals surface area contributed by atoms with Crippen molar-refractivity contribution >= 4 is 35.2 Å². The van der Waals surface area contributed by atoms with Crippen LogP contribution < -0.4 is 20.7 Å².